The minimum absolute atomic E-state index is 0.0433. The Morgan fingerprint density at radius 1 is 1.19 bits per heavy atom. The molecule has 162 valence electrons. The molecule has 1 aliphatic carbocycles. The first-order valence-electron chi connectivity index (χ1n) is 9.95. The van der Waals surface area contributed by atoms with Crippen molar-refractivity contribution in [1.29, 1.82) is 0 Å². The molecule has 31 heavy (non-hydrogen) atoms. The number of amides is 1. The Hall–Kier alpha value is -3.20. The van der Waals surface area contributed by atoms with Gasteiger partial charge in [-0.25, -0.2) is 12.8 Å². The summed E-state index contributed by atoms with van der Waals surface area (Å²) in [5.41, 5.74) is 3.30. The first kappa shape index (κ1) is 21.0. The molecule has 1 atom stereocenters. The Balaban J connectivity index is 1.57. The molecule has 0 radical (unpaired) electrons. The first-order chi connectivity index (χ1) is 14.7. The van der Waals surface area contributed by atoms with Gasteiger partial charge >= 0.3 is 0 Å². The van der Waals surface area contributed by atoms with Crippen LogP contribution < -0.4 is 10.0 Å². The molecule has 4 rings (SSSR count). The zero-order valence-electron chi connectivity index (χ0n) is 17.2. The summed E-state index contributed by atoms with van der Waals surface area (Å²) in [6.45, 7) is 1.76. The second kappa shape index (κ2) is 8.14. The molecule has 0 bridgehead atoms. The van der Waals surface area contributed by atoms with E-state index in [2.05, 4.69) is 15.1 Å². The fourth-order valence-corrected chi connectivity index (χ4v) is 4.92. The fraction of sp³-hybridized carbons (Fsp3) is 0.273. The summed E-state index contributed by atoms with van der Waals surface area (Å²) in [6.07, 6.45) is 4.43. The first-order valence-corrected chi connectivity index (χ1v) is 11.4. The molecule has 9 heteroatoms. The van der Waals surface area contributed by atoms with Crippen LogP contribution in [0.1, 0.15) is 46.1 Å². The summed E-state index contributed by atoms with van der Waals surface area (Å²) < 4.78 is 42.9. The fourth-order valence-electron chi connectivity index (χ4n) is 3.84. The van der Waals surface area contributed by atoms with E-state index in [1.807, 2.05) is 11.7 Å². The maximum atomic E-state index is 13.1. The lowest BCUT2D eigenvalue weighted by molar-refractivity contribution is 0.0932. The number of carbonyl (C=O) groups is 1. The number of rotatable bonds is 5. The number of carbonyl (C=O) groups excluding carboxylic acids is 1. The van der Waals surface area contributed by atoms with Crippen LogP contribution in [0.5, 0.6) is 0 Å². The van der Waals surface area contributed by atoms with Crippen LogP contribution in [0.4, 0.5) is 10.1 Å². The van der Waals surface area contributed by atoms with E-state index in [-0.39, 0.29) is 28.1 Å². The molecule has 0 spiro atoms. The molecule has 1 amide bonds. The molecule has 7 nitrogen and oxygen atoms in total. The van der Waals surface area contributed by atoms with E-state index in [4.69, 9.17) is 0 Å². The van der Waals surface area contributed by atoms with Crippen LogP contribution in [0.25, 0.3) is 0 Å². The van der Waals surface area contributed by atoms with Crippen LogP contribution in [0, 0.1) is 12.7 Å². The number of anilines is 1. The minimum atomic E-state index is -3.94. The number of hydrogen-bond acceptors (Lipinski definition) is 4. The zero-order chi connectivity index (χ0) is 22.2. The molecule has 2 N–H and O–H groups in total. The molecular formula is C22H23FN4O3S. The summed E-state index contributed by atoms with van der Waals surface area (Å²) in [5, 5.41) is 7.32. The van der Waals surface area contributed by atoms with Gasteiger partial charge in [-0.2, -0.15) is 5.10 Å². The highest BCUT2D eigenvalue weighted by atomic mass is 32.2. The van der Waals surface area contributed by atoms with Crippen LogP contribution in [0.15, 0.2) is 53.6 Å². The van der Waals surface area contributed by atoms with Crippen molar-refractivity contribution in [3.63, 3.8) is 0 Å². The van der Waals surface area contributed by atoms with Gasteiger partial charge in [0.15, 0.2) is 0 Å². The number of aromatic nitrogens is 2. The second-order valence-electron chi connectivity index (χ2n) is 7.68. The predicted molar refractivity (Wildman–Crippen MR) is 115 cm³/mol. The van der Waals surface area contributed by atoms with Gasteiger partial charge in [-0.1, -0.05) is 6.07 Å². The number of hydrogen-bond donors (Lipinski definition) is 2. The zero-order valence-corrected chi connectivity index (χ0v) is 18.0. The summed E-state index contributed by atoms with van der Waals surface area (Å²) in [5.74, 6) is -0.797. The smallest absolute Gasteiger partial charge is 0.261 e. The number of sulfonamides is 1. The average Bonchev–Trinajstić information content (AvgIpc) is 3.12. The van der Waals surface area contributed by atoms with E-state index >= 15 is 0 Å². The topological polar surface area (TPSA) is 93.1 Å². The van der Waals surface area contributed by atoms with E-state index in [1.165, 1.54) is 36.4 Å². The Bertz CT molecular complexity index is 1240. The van der Waals surface area contributed by atoms with Gasteiger partial charge in [0.05, 0.1) is 17.1 Å². The van der Waals surface area contributed by atoms with Gasteiger partial charge in [-0.15, -0.1) is 0 Å². The van der Waals surface area contributed by atoms with Crippen LogP contribution in [-0.2, 0) is 23.5 Å². The van der Waals surface area contributed by atoms with Gasteiger partial charge in [0.25, 0.3) is 15.9 Å². The lowest BCUT2D eigenvalue weighted by Crippen LogP contribution is -2.31. The van der Waals surface area contributed by atoms with E-state index in [0.29, 0.717) is 5.56 Å². The molecule has 1 heterocycles. The van der Waals surface area contributed by atoms with Crippen molar-refractivity contribution < 1.29 is 17.6 Å². The average molecular weight is 443 g/mol. The largest absolute Gasteiger partial charge is 0.345 e. The Morgan fingerprint density at radius 2 is 1.94 bits per heavy atom. The molecule has 1 unspecified atom stereocenters. The quantitative estimate of drug-likeness (QED) is 0.633. The van der Waals surface area contributed by atoms with Crippen LogP contribution in [-0.4, -0.2) is 24.1 Å². The van der Waals surface area contributed by atoms with Crippen molar-refractivity contribution in [3.8, 4) is 0 Å². The molecule has 3 aromatic rings. The van der Waals surface area contributed by atoms with Crippen LogP contribution in [0.2, 0.25) is 0 Å². The van der Waals surface area contributed by atoms with Crippen molar-refractivity contribution in [2.75, 3.05) is 4.72 Å². The second-order valence-corrected chi connectivity index (χ2v) is 9.36. The van der Waals surface area contributed by atoms with Gasteiger partial charge in [0.1, 0.15) is 5.82 Å². The maximum absolute atomic E-state index is 13.1. The molecule has 0 saturated carbocycles. The van der Waals surface area contributed by atoms with E-state index in [9.17, 15) is 17.6 Å². The minimum Gasteiger partial charge on any atom is -0.345 e. The third-order valence-electron chi connectivity index (χ3n) is 5.54. The van der Waals surface area contributed by atoms with E-state index in [1.54, 1.807) is 19.2 Å². The van der Waals surface area contributed by atoms with Crippen LogP contribution in [0.3, 0.4) is 0 Å². The molecule has 0 aliphatic heterocycles. The van der Waals surface area contributed by atoms with Crippen molar-refractivity contribution in [3.05, 3.63) is 76.9 Å². The van der Waals surface area contributed by atoms with Crippen molar-refractivity contribution in [2.24, 2.45) is 7.05 Å². The number of nitrogens with one attached hydrogen (secondary N) is 2. The monoisotopic (exact) mass is 442 g/mol. The summed E-state index contributed by atoms with van der Waals surface area (Å²) in [4.78, 5) is 13.0. The molecule has 0 saturated heterocycles. The van der Waals surface area contributed by atoms with Crippen molar-refractivity contribution in [1.82, 2.24) is 15.1 Å². The summed E-state index contributed by atoms with van der Waals surface area (Å²) >= 11 is 0. The van der Waals surface area contributed by atoms with E-state index < -0.39 is 15.8 Å². The Labute approximate surface area is 180 Å². The number of benzene rings is 2. The number of halogens is 1. The highest BCUT2D eigenvalue weighted by molar-refractivity contribution is 7.92. The third-order valence-corrected chi connectivity index (χ3v) is 6.92. The lowest BCUT2D eigenvalue weighted by atomic mass is 9.92. The number of nitrogens with zero attached hydrogens (tertiary/aromatic N) is 2. The molecule has 1 aromatic heterocycles. The normalized spacial score (nSPS) is 15.9. The van der Waals surface area contributed by atoms with Gasteiger partial charge in [-0.3, -0.25) is 14.2 Å². The number of fused-ring (bicyclic) bond motifs is 1. The highest BCUT2D eigenvalue weighted by Gasteiger charge is 2.26. The summed E-state index contributed by atoms with van der Waals surface area (Å²) in [7, 11) is -2.06. The Morgan fingerprint density at radius 3 is 2.68 bits per heavy atom. The summed E-state index contributed by atoms with van der Waals surface area (Å²) in [6, 6.07) is 9.26. The van der Waals surface area contributed by atoms with Crippen molar-refractivity contribution >= 4 is 21.6 Å². The SMILES string of the molecule is Cc1ccc(S(=O)(=O)Nc2ccc(F)cc2)cc1C(=O)NC1CCCc2c1cnn2C. The van der Waals surface area contributed by atoms with Crippen LogP contribution >= 0.6 is 0 Å². The van der Waals surface area contributed by atoms with Gasteiger partial charge in [-0.05, 0) is 68.1 Å². The van der Waals surface area contributed by atoms with Gasteiger partial charge < -0.3 is 5.32 Å². The lowest BCUT2D eigenvalue weighted by Gasteiger charge is -2.24. The van der Waals surface area contributed by atoms with Crippen molar-refractivity contribution in [2.45, 2.75) is 37.1 Å². The molecule has 2 aromatic carbocycles. The predicted octanol–water partition coefficient (Wildman–Crippen LogP) is 3.48. The molecule has 0 fully saturated rings. The van der Waals surface area contributed by atoms with E-state index in [0.717, 1.165) is 30.5 Å². The molecule has 1 aliphatic rings. The van der Waals surface area contributed by atoms with Gasteiger partial charge in [0, 0.05) is 29.6 Å². The highest BCUT2D eigenvalue weighted by Crippen LogP contribution is 2.30. The third kappa shape index (κ3) is 4.32. The van der Waals surface area contributed by atoms with Gasteiger partial charge in [0.2, 0.25) is 0 Å². The number of aryl methyl sites for hydroxylation is 2. The Kier molecular flexibility index (Phi) is 5.53. The maximum Gasteiger partial charge on any atom is 0.261 e. The standard InChI is InChI=1S/C22H23FN4O3S/c1-14-6-11-17(31(29,30)26-16-9-7-15(23)8-10-16)12-18(14)22(28)25-20-4-3-5-21-19(20)13-24-27(21)2/h6-13,20,26H,3-5H2,1-2H3,(H,25,28). The molecular weight excluding hydrogens is 419 g/mol.